The van der Waals surface area contributed by atoms with Crippen LogP contribution in [0.1, 0.15) is 22.3 Å². The average molecular weight is 454 g/mol. The van der Waals surface area contributed by atoms with E-state index < -0.39 is 0 Å². The molecule has 0 fully saturated rings. The van der Waals surface area contributed by atoms with Gasteiger partial charge in [0, 0.05) is 17.5 Å². The van der Waals surface area contributed by atoms with Gasteiger partial charge in [0.1, 0.15) is 10.7 Å². The van der Waals surface area contributed by atoms with Gasteiger partial charge in [-0.1, -0.05) is 54.6 Å². The van der Waals surface area contributed by atoms with E-state index in [1.807, 2.05) is 61.5 Å². The number of aromatic nitrogens is 2. The lowest BCUT2D eigenvalue weighted by Crippen LogP contribution is -2.21. The number of para-hydroxylation sites is 1. The highest BCUT2D eigenvalue weighted by Gasteiger charge is 2.25. The van der Waals surface area contributed by atoms with Crippen molar-refractivity contribution in [2.75, 3.05) is 5.32 Å². The fraction of sp³-hybridized carbons (Fsp3) is 0.0800. The Morgan fingerprint density at radius 2 is 1.82 bits per heavy atom. The summed E-state index contributed by atoms with van der Waals surface area (Å²) >= 11 is 1.47. The molecule has 162 valence electrons. The van der Waals surface area contributed by atoms with Crippen molar-refractivity contribution >= 4 is 40.9 Å². The molecule has 2 aromatic carbocycles. The highest BCUT2D eigenvalue weighted by Crippen LogP contribution is 2.24. The van der Waals surface area contributed by atoms with Gasteiger partial charge in [-0.25, -0.2) is 4.98 Å². The molecule has 1 aliphatic rings. The molecule has 0 radical (unpaired) electrons. The summed E-state index contributed by atoms with van der Waals surface area (Å²) in [4.78, 5) is 30.3. The molecule has 3 heterocycles. The minimum Gasteiger partial charge on any atom is -0.320 e. The van der Waals surface area contributed by atoms with Crippen LogP contribution in [-0.2, 0) is 10.5 Å². The number of nitrogens with zero attached hydrogens (tertiary/aromatic N) is 4. The molecule has 2 aromatic heterocycles. The van der Waals surface area contributed by atoms with Crippen molar-refractivity contribution in [1.29, 1.82) is 0 Å². The molecule has 0 saturated carbocycles. The van der Waals surface area contributed by atoms with Crippen molar-refractivity contribution in [2.24, 2.45) is 10.2 Å². The molecule has 1 amide bonds. The summed E-state index contributed by atoms with van der Waals surface area (Å²) in [6.07, 6.45) is 3.08. The van der Waals surface area contributed by atoms with Crippen LogP contribution >= 0.6 is 11.8 Å². The first kappa shape index (κ1) is 20.8. The summed E-state index contributed by atoms with van der Waals surface area (Å²) in [7, 11) is 0. The Hall–Kier alpha value is -4.04. The quantitative estimate of drug-likeness (QED) is 0.214. The van der Waals surface area contributed by atoms with Gasteiger partial charge in [-0.05, 0) is 30.2 Å². The summed E-state index contributed by atoms with van der Waals surface area (Å²) in [6, 6.07) is 21.0. The van der Waals surface area contributed by atoms with Crippen LogP contribution < -0.4 is 10.9 Å². The minimum absolute atomic E-state index is 0.213. The van der Waals surface area contributed by atoms with E-state index in [2.05, 4.69) is 15.5 Å². The first-order valence-electron chi connectivity index (χ1n) is 10.3. The first-order valence-corrected chi connectivity index (χ1v) is 11.3. The maximum Gasteiger partial charge on any atom is 0.276 e. The van der Waals surface area contributed by atoms with E-state index >= 15 is 0 Å². The second kappa shape index (κ2) is 8.84. The monoisotopic (exact) mass is 453 g/mol. The number of fused-ring (bicyclic) bond motifs is 2. The third-order valence-electron chi connectivity index (χ3n) is 5.26. The predicted molar refractivity (Wildman–Crippen MR) is 131 cm³/mol. The van der Waals surface area contributed by atoms with E-state index in [0.717, 1.165) is 11.1 Å². The molecule has 0 bridgehead atoms. The lowest BCUT2D eigenvalue weighted by molar-refractivity contribution is -0.110. The molecule has 0 unspecified atom stereocenters. The van der Waals surface area contributed by atoms with E-state index in [0.29, 0.717) is 33.2 Å². The summed E-state index contributed by atoms with van der Waals surface area (Å²) < 4.78 is 1.51. The van der Waals surface area contributed by atoms with Crippen LogP contribution in [0, 0.1) is 6.92 Å². The van der Waals surface area contributed by atoms with Crippen molar-refractivity contribution < 1.29 is 4.79 Å². The minimum atomic E-state index is -0.323. The number of amides is 1. The molecule has 0 saturated heterocycles. The molecule has 0 spiro atoms. The number of hydrogen-bond donors (Lipinski definition) is 1. The van der Waals surface area contributed by atoms with Gasteiger partial charge in [-0.15, -0.1) is 16.9 Å². The van der Waals surface area contributed by atoms with Crippen LogP contribution in [-0.4, -0.2) is 27.2 Å². The third-order valence-corrected chi connectivity index (χ3v) is 6.32. The van der Waals surface area contributed by atoms with Crippen molar-refractivity contribution in [3.63, 3.8) is 0 Å². The number of thioether (sulfide) groups is 1. The van der Waals surface area contributed by atoms with Crippen molar-refractivity contribution in [1.82, 2.24) is 9.38 Å². The Kier molecular flexibility index (Phi) is 5.58. The van der Waals surface area contributed by atoms with E-state index in [9.17, 15) is 9.59 Å². The zero-order valence-electron chi connectivity index (χ0n) is 17.7. The lowest BCUT2D eigenvalue weighted by atomic mass is 10.1. The van der Waals surface area contributed by atoms with Crippen LogP contribution in [0.2, 0.25) is 0 Å². The van der Waals surface area contributed by atoms with Crippen LogP contribution in [0.25, 0.3) is 5.65 Å². The summed E-state index contributed by atoms with van der Waals surface area (Å²) in [5.74, 6) is 0.330. The highest BCUT2D eigenvalue weighted by atomic mass is 32.2. The van der Waals surface area contributed by atoms with Crippen LogP contribution in [0.3, 0.4) is 0 Å². The zero-order valence-corrected chi connectivity index (χ0v) is 18.5. The molecule has 33 heavy (non-hydrogen) atoms. The van der Waals surface area contributed by atoms with Crippen LogP contribution in [0.5, 0.6) is 0 Å². The van der Waals surface area contributed by atoms with Gasteiger partial charge < -0.3 is 5.32 Å². The first-order chi connectivity index (χ1) is 16.1. The van der Waals surface area contributed by atoms with Gasteiger partial charge in [0.25, 0.3) is 11.5 Å². The Morgan fingerprint density at radius 1 is 1.03 bits per heavy atom. The molecule has 4 aromatic rings. The third kappa shape index (κ3) is 4.08. The molecular formula is C25H19N5O2S. The number of nitrogens with one attached hydrogen (secondary N) is 1. The number of anilines is 1. The normalized spacial score (nSPS) is 14.2. The van der Waals surface area contributed by atoms with E-state index in [-0.39, 0.29) is 17.2 Å². The molecule has 5 rings (SSSR count). The number of pyridine rings is 1. The summed E-state index contributed by atoms with van der Waals surface area (Å²) in [5.41, 5.74) is 4.31. The highest BCUT2D eigenvalue weighted by molar-refractivity contribution is 7.98. The summed E-state index contributed by atoms with van der Waals surface area (Å²) in [6.45, 7) is 1.92. The van der Waals surface area contributed by atoms with Gasteiger partial charge in [0.15, 0.2) is 5.71 Å². The van der Waals surface area contributed by atoms with Gasteiger partial charge >= 0.3 is 0 Å². The molecule has 1 aliphatic heterocycles. The van der Waals surface area contributed by atoms with Gasteiger partial charge in [-0.2, -0.15) is 5.10 Å². The van der Waals surface area contributed by atoms with Crippen molar-refractivity contribution in [3.05, 3.63) is 106 Å². The van der Waals surface area contributed by atoms with Crippen LogP contribution in [0.4, 0.5) is 5.69 Å². The topological polar surface area (TPSA) is 88.2 Å². The number of aryl methyl sites for hydroxylation is 1. The number of rotatable bonds is 5. The molecule has 1 N–H and O–H groups in total. The molecule has 7 nitrogen and oxygen atoms in total. The van der Waals surface area contributed by atoms with Gasteiger partial charge in [0.2, 0.25) is 0 Å². The van der Waals surface area contributed by atoms with Gasteiger partial charge in [-0.3, -0.25) is 14.0 Å². The zero-order chi connectivity index (χ0) is 22.8. The Bertz CT molecular complexity index is 1490. The van der Waals surface area contributed by atoms with Crippen molar-refractivity contribution in [2.45, 2.75) is 17.7 Å². The fourth-order valence-electron chi connectivity index (χ4n) is 3.58. The van der Waals surface area contributed by atoms with E-state index in [1.165, 1.54) is 22.4 Å². The summed E-state index contributed by atoms with van der Waals surface area (Å²) in [5, 5.41) is 11.6. The fourth-order valence-corrected chi connectivity index (χ4v) is 4.53. The van der Waals surface area contributed by atoms with Gasteiger partial charge in [0.05, 0.1) is 17.5 Å². The maximum absolute atomic E-state index is 13.3. The molecule has 0 atom stereocenters. The second-order valence-electron chi connectivity index (χ2n) is 7.49. The predicted octanol–water partition coefficient (Wildman–Crippen LogP) is 4.07. The van der Waals surface area contributed by atoms with Crippen LogP contribution in [0.15, 0.2) is 93.0 Å². The Balaban J connectivity index is 1.55. The average Bonchev–Trinajstić information content (AvgIpc) is 3.15. The van der Waals surface area contributed by atoms with E-state index in [1.54, 1.807) is 18.3 Å². The Morgan fingerprint density at radius 3 is 2.67 bits per heavy atom. The smallest absolute Gasteiger partial charge is 0.276 e. The van der Waals surface area contributed by atoms with E-state index in [4.69, 9.17) is 4.98 Å². The standard InChI is InChI=1S/C25H19N5O2S/c1-16-8-7-13-30-22(16)28-24(33-15-17-9-3-2-4-10-17)19(25(30)32)14-26-29-21-18-11-5-6-12-20(18)27-23(21)31/h2-14H,15H2,1H3,(H,27,29,31)/b26-14+. The number of carbonyl (C=O) groups is 1. The second-order valence-corrected chi connectivity index (χ2v) is 8.45. The van der Waals surface area contributed by atoms with Crippen molar-refractivity contribution in [3.8, 4) is 0 Å². The number of carbonyl (C=O) groups excluding carboxylic acids is 1. The molecule has 8 heteroatoms. The largest absolute Gasteiger partial charge is 0.320 e. The molecular weight excluding hydrogens is 434 g/mol. The lowest BCUT2D eigenvalue weighted by Gasteiger charge is -2.09. The number of benzene rings is 2. The maximum atomic E-state index is 13.3. The Labute approximate surface area is 193 Å². The number of hydrogen-bond acceptors (Lipinski definition) is 6. The molecule has 0 aliphatic carbocycles. The SMILES string of the molecule is Cc1cccn2c(=O)c(/C=N/N=C3\C(=O)Nc4ccccc43)c(SCc3ccccc3)nc12.